The number of ether oxygens (including phenoxy) is 1. The summed E-state index contributed by atoms with van der Waals surface area (Å²) in [4.78, 5) is 10.8. The summed E-state index contributed by atoms with van der Waals surface area (Å²) in [6.07, 6.45) is -7.38. The molecule has 6 heteroatoms. The molecule has 0 rings (SSSR count). The molecule has 0 spiro atoms. The van der Waals surface area contributed by atoms with E-state index in [1.54, 1.807) is 0 Å². The van der Waals surface area contributed by atoms with Crippen LogP contribution in [0.5, 0.6) is 0 Å². The monoisotopic (exact) mass is 212 g/mol. The van der Waals surface area contributed by atoms with Crippen LogP contribution in [0.15, 0.2) is 12.2 Å². The fraction of sp³-hybridized carbons (Fsp3) is 0.625. The molecule has 0 amide bonds. The topological polar surface area (TPSA) is 46.5 Å². The lowest BCUT2D eigenvalue weighted by molar-refractivity contribution is -0.174. The van der Waals surface area contributed by atoms with Crippen LogP contribution in [0.1, 0.15) is 13.3 Å². The van der Waals surface area contributed by atoms with Gasteiger partial charge in [-0.2, -0.15) is 13.2 Å². The maximum atomic E-state index is 11.8. The van der Waals surface area contributed by atoms with Crippen LogP contribution in [-0.2, 0) is 9.53 Å². The Morgan fingerprint density at radius 2 is 2.07 bits per heavy atom. The molecule has 0 heterocycles. The van der Waals surface area contributed by atoms with Crippen LogP contribution in [0.4, 0.5) is 13.2 Å². The van der Waals surface area contributed by atoms with Crippen molar-refractivity contribution >= 4 is 5.97 Å². The predicted molar refractivity (Wildman–Crippen MR) is 42.5 cm³/mol. The zero-order valence-corrected chi connectivity index (χ0v) is 7.60. The van der Waals surface area contributed by atoms with Crippen molar-refractivity contribution in [3.63, 3.8) is 0 Å². The number of alkyl halides is 3. The summed E-state index contributed by atoms with van der Waals surface area (Å²) in [7, 11) is 0. The number of carbonyl (C=O) groups excluding carboxylic acids is 1. The average molecular weight is 212 g/mol. The highest BCUT2D eigenvalue weighted by Crippen LogP contribution is 2.23. The molecule has 0 aromatic heterocycles. The fourth-order valence-electron chi connectivity index (χ4n) is 0.654. The third-order valence-electron chi connectivity index (χ3n) is 1.28. The number of aliphatic hydroxyl groups is 1. The molecule has 0 aliphatic rings. The highest BCUT2D eigenvalue weighted by Gasteiger charge is 2.33. The number of halogens is 3. The summed E-state index contributed by atoms with van der Waals surface area (Å²) in [5.74, 6) is -0.937. The lowest BCUT2D eigenvalue weighted by Crippen LogP contribution is -2.28. The Hall–Kier alpha value is -1.04. The van der Waals surface area contributed by atoms with Crippen molar-refractivity contribution in [1.29, 1.82) is 0 Å². The number of aliphatic hydroxyl groups excluding tert-OH is 1. The highest BCUT2D eigenvalue weighted by molar-refractivity contribution is 5.87. The number of rotatable bonds is 4. The van der Waals surface area contributed by atoms with Gasteiger partial charge in [-0.15, -0.1) is 0 Å². The second kappa shape index (κ2) is 4.99. The van der Waals surface area contributed by atoms with Crippen molar-refractivity contribution in [2.75, 3.05) is 6.61 Å². The quantitative estimate of drug-likeness (QED) is 0.566. The van der Waals surface area contributed by atoms with Crippen molar-refractivity contribution < 1.29 is 27.8 Å². The molecular formula is C8H11F3O3. The lowest BCUT2D eigenvalue weighted by Gasteiger charge is -2.16. The molecule has 0 saturated carbocycles. The van der Waals surface area contributed by atoms with Crippen molar-refractivity contribution in [1.82, 2.24) is 0 Å². The molecule has 1 unspecified atom stereocenters. The van der Waals surface area contributed by atoms with Crippen molar-refractivity contribution in [2.45, 2.75) is 25.6 Å². The van der Waals surface area contributed by atoms with Crippen LogP contribution in [-0.4, -0.2) is 30.0 Å². The third-order valence-corrected chi connectivity index (χ3v) is 1.28. The van der Waals surface area contributed by atoms with Gasteiger partial charge in [0.2, 0.25) is 0 Å². The van der Waals surface area contributed by atoms with Gasteiger partial charge < -0.3 is 9.84 Å². The standard InChI is InChI=1S/C8H11F3O3/c1-5(2)7(13)14-6(4-12)3-8(9,10)11/h6,12H,1,3-4H2,2H3. The van der Waals surface area contributed by atoms with Gasteiger partial charge in [-0.3, -0.25) is 0 Å². The van der Waals surface area contributed by atoms with E-state index in [9.17, 15) is 18.0 Å². The molecular weight excluding hydrogens is 201 g/mol. The van der Waals surface area contributed by atoms with Crippen molar-refractivity contribution in [2.24, 2.45) is 0 Å². The van der Waals surface area contributed by atoms with E-state index in [1.807, 2.05) is 0 Å². The smallest absolute Gasteiger partial charge is 0.392 e. The summed E-state index contributed by atoms with van der Waals surface area (Å²) in [6, 6.07) is 0. The van der Waals surface area contributed by atoms with Gasteiger partial charge in [-0.1, -0.05) is 6.58 Å². The van der Waals surface area contributed by atoms with Crippen molar-refractivity contribution in [3.05, 3.63) is 12.2 Å². The Balaban J connectivity index is 4.17. The first-order valence-corrected chi connectivity index (χ1v) is 3.80. The second-order valence-electron chi connectivity index (χ2n) is 2.81. The molecule has 14 heavy (non-hydrogen) atoms. The molecule has 0 fully saturated rings. The average Bonchev–Trinajstić information content (AvgIpc) is 2.00. The lowest BCUT2D eigenvalue weighted by atomic mass is 10.2. The van der Waals surface area contributed by atoms with Crippen molar-refractivity contribution in [3.8, 4) is 0 Å². The number of hydrogen-bond donors (Lipinski definition) is 1. The molecule has 0 bridgehead atoms. The van der Waals surface area contributed by atoms with Gasteiger partial charge >= 0.3 is 12.1 Å². The fourth-order valence-corrected chi connectivity index (χ4v) is 0.654. The minimum absolute atomic E-state index is 0.00868. The van der Waals surface area contributed by atoms with E-state index in [1.165, 1.54) is 6.92 Å². The largest absolute Gasteiger partial charge is 0.456 e. The molecule has 0 aliphatic carbocycles. The Labute approximate surface area is 79.2 Å². The molecule has 1 N–H and O–H groups in total. The molecule has 3 nitrogen and oxygen atoms in total. The summed E-state index contributed by atoms with van der Waals surface area (Å²) in [5, 5.41) is 8.51. The van der Waals surface area contributed by atoms with Gasteiger partial charge in [0.1, 0.15) is 6.10 Å². The third kappa shape index (κ3) is 5.58. The van der Waals surface area contributed by atoms with E-state index in [0.717, 1.165) is 0 Å². The van der Waals surface area contributed by atoms with E-state index >= 15 is 0 Å². The molecule has 0 aromatic carbocycles. The first-order chi connectivity index (χ1) is 6.26. The normalized spacial score (nSPS) is 13.5. The number of hydrogen-bond acceptors (Lipinski definition) is 3. The molecule has 0 radical (unpaired) electrons. The zero-order valence-electron chi connectivity index (χ0n) is 7.60. The zero-order chi connectivity index (χ0) is 11.4. The van der Waals surface area contributed by atoms with Gasteiger partial charge in [0, 0.05) is 5.57 Å². The summed E-state index contributed by atoms with van der Waals surface area (Å²) in [5.41, 5.74) is -0.00868. The Morgan fingerprint density at radius 1 is 1.57 bits per heavy atom. The van der Waals surface area contributed by atoms with Gasteiger partial charge in [0.25, 0.3) is 0 Å². The van der Waals surface area contributed by atoms with E-state index < -0.39 is 31.3 Å². The number of esters is 1. The molecule has 1 atom stereocenters. The van der Waals surface area contributed by atoms with Crippen LogP contribution in [0.3, 0.4) is 0 Å². The second-order valence-corrected chi connectivity index (χ2v) is 2.81. The highest BCUT2D eigenvalue weighted by atomic mass is 19.4. The van der Waals surface area contributed by atoms with Gasteiger partial charge in [-0.05, 0) is 6.92 Å². The minimum Gasteiger partial charge on any atom is -0.456 e. The Morgan fingerprint density at radius 3 is 2.36 bits per heavy atom. The van der Waals surface area contributed by atoms with E-state index in [4.69, 9.17) is 5.11 Å². The Bertz CT molecular complexity index is 222. The first-order valence-electron chi connectivity index (χ1n) is 3.80. The summed E-state index contributed by atoms with van der Waals surface area (Å²) in [6.45, 7) is 3.65. The molecule has 82 valence electrons. The van der Waals surface area contributed by atoms with Crippen LogP contribution < -0.4 is 0 Å². The molecule has 0 aliphatic heterocycles. The molecule has 0 aromatic rings. The van der Waals surface area contributed by atoms with Gasteiger partial charge in [0.15, 0.2) is 0 Å². The number of carbonyl (C=O) groups is 1. The minimum atomic E-state index is -4.47. The summed E-state index contributed by atoms with van der Waals surface area (Å²) >= 11 is 0. The van der Waals surface area contributed by atoms with Crippen LogP contribution in [0.25, 0.3) is 0 Å². The summed E-state index contributed by atoms with van der Waals surface area (Å²) < 4.78 is 39.8. The predicted octanol–water partition coefficient (Wildman–Crippen LogP) is 1.42. The van der Waals surface area contributed by atoms with Crippen LogP contribution in [0.2, 0.25) is 0 Å². The first kappa shape index (κ1) is 13.0. The van der Waals surface area contributed by atoms with Crippen LogP contribution >= 0.6 is 0 Å². The van der Waals surface area contributed by atoms with E-state index in [0.29, 0.717) is 0 Å². The van der Waals surface area contributed by atoms with E-state index in [2.05, 4.69) is 11.3 Å². The maximum Gasteiger partial charge on any atom is 0.392 e. The van der Waals surface area contributed by atoms with Gasteiger partial charge in [-0.25, -0.2) is 4.79 Å². The van der Waals surface area contributed by atoms with Gasteiger partial charge in [0.05, 0.1) is 13.0 Å². The van der Waals surface area contributed by atoms with E-state index in [-0.39, 0.29) is 5.57 Å². The maximum absolute atomic E-state index is 11.8. The SMILES string of the molecule is C=C(C)C(=O)OC(CO)CC(F)(F)F. The molecule has 0 saturated heterocycles. The Kier molecular flexibility index (Phi) is 4.62. The van der Waals surface area contributed by atoms with Crippen LogP contribution in [0, 0.1) is 0 Å².